The molecule has 14 heavy (non-hydrogen) atoms. The van der Waals surface area contributed by atoms with Crippen LogP contribution in [0.3, 0.4) is 0 Å². The first-order chi connectivity index (χ1) is 6.70. The third-order valence-electron chi connectivity index (χ3n) is 1.87. The molecule has 4 N–H and O–H groups in total. The number of benzene rings is 1. The van der Waals surface area contributed by atoms with Crippen molar-refractivity contribution in [3.63, 3.8) is 0 Å². The maximum Gasteiger partial charge on any atom is 0.173 e. The number of phenols is 1. The van der Waals surface area contributed by atoms with Crippen LogP contribution in [0.2, 0.25) is 0 Å². The summed E-state index contributed by atoms with van der Waals surface area (Å²) in [6.07, 6.45) is 2.21. The van der Waals surface area contributed by atoms with Crippen LogP contribution in [0.4, 0.5) is 0 Å². The zero-order valence-corrected chi connectivity index (χ0v) is 7.64. The summed E-state index contributed by atoms with van der Waals surface area (Å²) in [6.45, 7) is 3.57. The minimum atomic E-state index is -0.103. The van der Waals surface area contributed by atoms with Gasteiger partial charge in [0.2, 0.25) is 0 Å². The third kappa shape index (κ3) is 1.85. The van der Waals surface area contributed by atoms with Gasteiger partial charge in [0.15, 0.2) is 5.84 Å². The van der Waals surface area contributed by atoms with E-state index in [0.29, 0.717) is 17.5 Å². The molecule has 1 aromatic rings. The molecule has 0 aliphatic heterocycles. The smallest absolute Gasteiger partial charge is 0.173 e. The molecule has 1 rings (SSSR count). The minimum Gasteiger partial charge on any atom is -0.507 e. The van der Waals surface area contributed by atoms with Gasteiger partial charge in [0, 0.05) is 0 Å². The predicted molar refractivity (Wildman–Crippen MR) is 54.5 cm³/mol. The largest absolute Gasteiger partial charge is 0.507 e. The predicted octanol–water partition coefficient (Wildman–Crippen LogP) is 1.22. The number of phenolic OH excluding ortho intramolecular Hbond substituents is 1. The van der Waals surface area contributed by atoms with E-state index in [-0.39, 0.29) is 11.6 Å². The quantitative estimate of drug-likeness (QED) is 0.221. The van der Waals surface area contributed by atoms with Crippen LogP contribution < -0.4 is 5.73 Å². The van der Waals surface area contributed by atoms with Crippen molar-refractivity contribution in [3.8, 4) is 5.75 Å². The molecular weight excluding hydrogens is 180 g/mol. The van der Waals surface area contributed by atoms with E-state index in [1.54, 1.807) is 24.3 Å². The van der Waals surface area contributed by atoms with Crippen molar-refractivity contribution in [2.45, 2.75) is 6.42 Å². The molecule has 0 unspecified atom stereocenters. The molecule has 0 aromatic heterocycles. The number of allylic oxidation sites excluding steroid dienone is 1. The maximum absolute atomic E-state index is 9.70. The van der Waals surface area contributed by atoms with E-state index in [9.17, 15) is 5.11 Å². The number of nitrogens with two attached hydrogens (primary N) is 1. The summed E-state index contributed by atoms with van der Waals surface area (Å²) in [4.78, 5) is 0. The second-order valence-corrected chi connectivity index (χ2v) is 2.79. The molecule has 0 atom stereocenters. The molecule has 0 aliphatic carbocycles. The topological polar surface area (TPSA) is 78.8 Å². The molecule has 0 fully saturated rings. The summed E-state index contributed by atoms with van der Waals surface area (Å²) in [5.41, 5.74) is 6.40. The third-order valence-corrected chi connectivity index (χ3v) is 1.87. The SMILES string of the molecule is C=CCc1cccc(/C(N)=N/O)c1O. The number of aromatic hydroxyl groups is 1. The van der Waals surface area contributed by atoms with E-state index >= 15 is 0 Å². The van der Waals surface area contributed by atoms with E-state index in [2.05, 4.69) is 11.7 Å². The molecule has 0 bridgehead atoms. The number of rotatable bonds is 3. The number of hydrogen-bond donors (Lipinski definition) is 3. The number of nitrogens with zero attached hydrogens (tertiary/aromatic N) is 1. The fourth-order valence-electron chi connectivity index (χ4n) is 1.17. The Labute approximate surface area is 82.0 Å². The maximum atomic E-state index is 9.70. The first-order valence-corrected chi connectivity index (χ1v) is 4.10. The Bertz CT molecular complexity index is 372. The lowest BCUT2D eigenvalue weighted by Gasteiger charge is -2.06. The highest BCUT2D eigenvalue weighted by molar-refractivity contribution is 5.99. The van der Waals surface area contributed by atoms with E-state index in [1.165, 1.54) is 0 Å². The molecule has 0 saturated carbocycles. The molecule has 0 aliphatic rings. The molecule has 0 heterocycles. The normalized spacial score (nSPS) is 11.3. The Morgan fingerprint density at radius 2 is 2.29 bits per heavy atom. The van der Waals surface area contributed by atoms with Gasteiger partial charge in [-0.05, 0) is 18.1 Å². The van der Waals surface area contributed by atoms with Crippen molar-refractivity contribution in [1.82, 2.24) is 0 Å². The van der Waals surface area contributed by atoms with Crippen LogP contribution in [0.15, 0.2) is 36.0 Å². The number of amidine groups is 1. The molecule has 0 radical (unpaired) electrons. The van der Waals surface area contributed by atoms with Gasteiger partial charge < -0.3 is 16.0 Å². The van der Waals surface area contributed by atoms with E-state index in [1.807, 2.05) is 0 Å². The van der Waals surface area contributed by atoms with Gasteiger partial charge in [-0.3, -0.25) is 0 Å². The van der Waals surface area contributed by atoms with Gasteiger partial charge in [0.25, 0.3) is 0 Å². The molecule has 1 aromatic carbocycles. The fourth-order valence-corrected chi connectivity index (χ4v) is 1.17. The molecule has 4 heteroatoms. The summed E-state index contributed by atoms with van der Waals surface area (Å²) in [5.74, 6) is -0.0730. The van der Waals surface area contributed by atoms with E-state index in [0.717, 1.165) is 0 Å². The van der Waals surface area contributed by atoms with Gasteiger partial charge in [-0.1, -0.05) is 23.4 Å². The van der Waals surface area contributed by atoms with Crippen LogP contribution in [-0.2, 0) is 6.42 Å². The summed E-state index contributed by atoms with van der Waals surface area (Å²) >= 11 is 0. The summed E-state index contributed by atoms with van der Waals surface area (Å²) in [6, 6.07) is 5.06. The van der Waals surface area contributed by atoms with Gasteiger partial charge >= 0.3 is 0 Å². The van der Waals surface area contributed by atoms with Crippen molar-refractivity contribution in [2.75, 3.05) is 0 Å². The number of oxime groups is 1. The molecule has 0 amide bonds. The van der Waals surface area contributed by atoms with Crippen LogP contribution in [0, 0.1) is 0 Å². The standard InChI is InChI=1S/C10H12N2O2/c1-2-4-7-5-3-6-8(9(7)13)10(11)12-14/h2-3,5-6,13-14H,1,4H2,(H2,11,12). The lowest BCUT2D eigenvalue weighted by Crippen LogP contribution is -2.13. The first-order valence-electron chi connectivity index (χ1n) is 4.10. The van der Waals surface area contributed by atoms with E-state index in [4.69, 9.17) is 10.9 Å². The second-order valence-electron chi connectivity index (χ2n) is 2.79. The average molecular weight is 192 g/mol. The molecule has 0 saturated heterocycles. The fraction of sp³-hybridized carbons (Fsp3) is 0.100. The molecular formula is C10H12N2O2. The van der Waals surface area contributed by atoms with Gasteiger partial charge in [-0.2, -0.15) is 0 Å². The minimum absolute atomic E-state index is 0.0303. The number of para-hydroxylation sites is 1. The monoisotopic (exact) mass is 192 g/mol. The van der Waals surface area contributed by atoms with Gasteiger partial charge in [0.05, 0.1) is 5.56 Å². The zero-order valence-electron chi connectivity index (χ0n) is 7.64. The Morgan fingerprint density at radius 3 is 2.86 bits per heavy atom. The van der Waals surface area contributed by atoms with Crippen LogP contribution >= 0.6 is 0 Å². The Morgan fingerprint density at radius 1 is 1.57 bits per heavy atom. The van der Waals surface area contributed by atoms with Crippen molar-refractivity contribution >= 4 is 5.84 Å². The van der Waals surface area contributed by atoms with Crippen LogP contribution in [-0.4, -0.2) is 16.1 Å². The lowest BCUT2D eigenvalue weighted by atomic mass is 10.1. The van der Waals surface area contributed by atoms with Crippen molar-refractivity contribution < 1.29 is 10.3 Å². The summed E-state index contributed by atoms with van der Waals surface area (Å²) < 4.78 is 0. The van der Waals surface area contributed by atoms with Gasteiger partial charge in [-0.25, -0.2) is 0 Å². The summed E-state index contributed by atoms with van der Waals surface area (Å²) in [5, 5.41) is 21.0. The van der Waals surface area contributed by atoms with Gasteiger partial charge in [0.1, 0.15) is 5.75 Å². The molecule has 74 valence electrons. The molecule has 4 nitrogen and oxygen atoms in total. The van der Waals surface area contributed by atoms with Crippen LogP contribution in [0.1, 0.15) is 11.1 Å². The van der Waals surface area contributed by atoms with Crippen molar-refractivity contribution in [2.24, 2.45) is 10.9 Å². The van der Waals surface area contributed by atoms with Crippen LogP contribution in [0.5, 0.6) is 5.75 Å². The highest BCUT2D eigenvalue weighted by Gasteiger charge is 2.08. The summed E-state index contributed by atoms with van der Waals surface area (Å²) in [7, 11) is 0. The average Bonchev–Trinajstić information content (AvgIpc) is 2.20. The number of hydrogen-bond acceptors (Lipinski definition) is 3. The van der Waals surface area contributed by atoms with E-state index < -0.39 is 0 Å². The lowest BCUT2D eigenvalue weighted by molar-refractivity contribution is 0.318. The van der Waals surface area contributed by atoms with Crippen molar-refractivity contribution in [3.05, 3.63) is 42.0 Å². The van der Waals surface area contributed by atoms with Gasteiger partial charge in [-0.15, -0.1) is 6.58 Å². The molecule has 0 spiro atoms. The Balaban J connectivity index is 3.20. The van der Waals surface area contributed by atoms with Crippen molar-refractivity contribution in [1.29, 1.82) is 0 Å². The Kier molecular flexibility index (Phi) is 3.12. The second kappa shape index (κ2) is 4.32. The van der Waals surface area contributed by atoms with Crippen LogP contribution in [0.25, 0.3) is 0 Å². The Hall–Kier alpha value is -1.97. The highest BCUT2D eigenvalue weighted by Crippen LogP contribution is 2.22. The first kappa shape index (κ1) is 10.1. The zero-order chi connectivity index (χ0) is 10.6. The highest BCUT2D eigenvalue weighted by atomic mass is 16.4.